The van der Waals surface area contributed by atoms with Gasteiger partial charge in [-0.05, 0) is 43.2 Å². The van der Waals surface area contributed by atoms with Crippen molar-refractivity contribution in [2.45, 2.75) is 45.6 Å². The van der Waals surface area contributed by atoms with E-state index < -0.39 is 0 Å². The van der Waals surface area contributed by atoms with Crippen LogP contribution in [0.3, 0.4) is 0 Å². The summed E-state index contributed by atoms with van der Waals surface area (Å²) in [4.78, 5) is 4.85. The first-order valence-corrected chi connectivity index (χ1v) is 7.40. The molecule has 1 saturated carbocycles. The van der Waals surface area contributed by atoms with Gasteiger partial charge in [0.05, 0.1) is 6.67 Å². The van der Waals surface area contributed by atoms with Gasteiger partial charge in [0, 0.05) is 24.1 Å². The third-order valence-electron chi connectivity index (χ3n) is 4.62. The van der Waals surface area contributed by atoms with Crippen molar-refractivity contribution in [2.75, 3.05) is 11.6 Å². The van der Waals surface area contributed by atoms with E-state index in [-0.39, 0.29) is 0 Å². The van der Waals surface area contributed by atoms with Crippen LogP contribution >= 0.6 is 0 Å². The normalized spacial score (nSPS) is 23.1. The van der Waals surface area contributed by atoms with Crippen molar-refractivity contribution < 1.29 is 0 Å². The maximum absolute atomic E-state index is 2.52. The molecule has 2 aliphatic rings. The molecule has 0 atom stereocenters. The largest absolute Gasteiger partial charge is 0.355 e. The molecule has 0 bridgehead atoms. The van der Waals surface area contributed by atoms with Gasteiger partial charge in [0.2, 0.25) is 0 Å². The zero-order chi connectivity index (χ0) is 13.3. The first-order valence-electron chi connectivity index (χ1n) is 7.40. The van der Waals surface area contributed by atoms with E-state index in [0.717, 1.165) is 12.7 Å². The second-order valence-electron chi connectivity index (χ2n) is 6.65. The first kappa shape index (κ1) is 12.6. The topological polar surface area (TPSA) is 6.48 Å². The molecule has 1 aliphatic heterocycles. The number of anilines is 1. The molecule has 2 nitrogen and oxygen atoms in total. The highest BCUT2D eigenvalue weighted by molar-refractivity contribution is 5.49. The van der Waals surface area contributed by atoms with Crippen molar-refractivity contribution in [3.05, 3.63) is 42.7 Å². The van der Waals surface area contributed by atoms with Gasteiger partial charge in [-0.3, -0.25) is 0 Å². The molecule has 0 spiro atoms. The van der Waals surface area contributed by atoms with E-state index in [2.05, 4.69) is 66.4 Å². The number of nitrogens with zero attached hydrogens (tertiary/aromatic N) is 2. The lowest BCUT2D eigenvalue weighted by molar-refractivity contribution is 0.148. The van der Waals surface area contributed by atoms with Crippen molar-refractivity contribution in [2.24, 2.45) is 5.41 Å². The number of hydrogen-bond acceptors (Lipinski definition) is 2. The van der Waals surface area contributed by atoms with Crippen molar-refractivity contribution >= 4 is 5.69 Å². The lowest BCUT2D eigenvalue weighted by Gasteiger charge is -2.39. The van der Waals surface area contributed by atoms with E-state index in [9.17, 15) is 0 Å². The van der Waals surface area contributed by atoms with Gasteiger partial charge in [0.15, 0.2) is 0 Å². The van der Waals surface area contributed by atoms with Crippen molar-refractivity contribution in [1.82, 2.24) is 4.90 Å². The van der Waals surface area contributed by atoms with Crippen molar-refractivity contribution in [1.29, 1.82) is 0 Å². The molecule has 1 heterocycles. The van der Waals surface area contributed by atoms with Gasteiger partial charge in [-0.25, -0.2) is 0 Å². The maximum atomic E-state index is 2.52. The summed E-state index contributed by atoms with van der Waals surface area (Å²) in [6.45, 7) is 5.81. The third kappa shape index (κ3) is 2.78. The quantitative estimate of drug-likeness (QED) is 0.782. The van der Waals surface area contributed by atoms with E-state index in [1.54, 1.807) is 0 Å². The minimum Gasteiger partial charge on any atom is -0.355 e. The molecule has 1 aromatic carbocycles. The monoisotopic (exact) mass is 256 g/mol. The molecule has 0 amide bonds. The Kier molecular flexibility index (Phi) is 3.26. The second-order valence-corrected chi connectivity index (χ2v) is 6.65. The highest BCUT2D eigenvalue weighted by Crippen LogP contribution is 2.37. The van der Waals surface area contributed by atoms with Crippen LogP contribution in [0, 0.1) is 5.41 Å². The lowest BCUT2D eigenvalue weighted by atomic mass is 9.75. The predicted octanol–water partition coefficient (Wildman–Crippen LogP) is 4.21. The van der Waals surface area contributed by atoms with Crippen LogP contribution in [-0.2, 0) is 0 Å². The van der Waals surface area contributed by atoms with Crippen LogP contribution in [0.5, 0.6) is 0 Å². The molecule has 0 aromatic heterocycles. The number of rotatable bonds is 2. The summed E-state index contributed by atoms with van der Waals surface area (Å²) < 4.78 is 0. The van der Waals surface area contributed by atoms with E-state index in [0.29, 0.717) is 5.41 Å². The molecule has 19 heavy (non-hydrogen) atoms. The summed E-state index contributed by atoms with van der Waals surface area (Å²) in [7, 11) is 0. The fourth-order valence-corrected chi connectivity index (χ4v) is 3.18. The minimum atomic E-state index is 0.555. The Morgan fingerprint density at radius 3 is 2.37 bits per heavy atom. The fraction of sp³-hybridized carbons (Fsp3) is 0.529. The van der Waals surface area contributed by atoms with Crippen LogP contribution in [0.2, 0.25) is 0 Å². The summed E-state index contributed by atoms with van der Waals surface area (Å²) in [6.07, 6.45) is 9.87. The Morgan fingerprint density at radius 1 is 1.00 bits per heavy atom. The fourth-order valence-electron chi connectivity index (χ4n) is 3.18. The molecule has 1 aromatic rings. The van der Waals surface area contributed by atoms with Crippen LogP contribution in [0.4, 0.5) is 5.69 Å². The van der Waals surface area contributed by atoms with Crippen LogP contribution in [0.1, 0.15) is 39.5 Å². The number of para-hydroxylation sites is 1. The van der Waals surface area contributed by atoms with Crippen molar-refractivity contribution in [3.8, 4) is 0 Å². The molecule has 0 radical (unpaired) electrons. The summed E-state index contributed by atoms with van der Waals surface area (Å²) in [5.74, 6) is 0. The Bertz CT molecular complexity index is 440. The first-order chi connectivity index (χ1) is 9.14. The van der Waals surface area contributed by atoms with Crippen LogP contribution in [-0.4, -0.2) is 17.6 Å². The maximum Gasteiger partial charge on any atom is 0.0944 e. The Labute approximate surface area is 116 Å². The van der Waals surface area contributed by atoms with Crippen LogP contribution in [0.25, 0.3) is 0 Å². The Hall–Kier alpha value is -1.44. The van der Waals surface area contributed by atoms with Gasteiger partial charge < -0.3 is 9.80 Å². The lowest BCUT2D eigenvalue weighted by Crippen LogP contribution is -2.38. The van der Waals surface area contributed by atoms with E-state index in [1.165, 1.54) is 31.4 Å². The van der Waals surface area contributed by atoms with E-state index in [1.807, 2.05) is 0 Å². The van der Waals surface area contributed by atoms with Crippen LogP contribution < -0.4 is 4.90 Å². The highest BCUT2D eigenvalue weighted by atomic mass is 15.4. The van der Waals surface area contributed by atoms with Gasteiger partial charge in [-0.1, -0.05) is 32.0 Å². The third-order valence-corrected chi connectivity index (χ3v) is 4.62. The molecule has 0 N–H and O–H groups in total. The molecule has 0 saturated heterocycles. The highest BCUT2D eigenvalue weighted by Gasteiger charge is 2.30. The molecular formula is C17H24N2. The smallest absolute Gasteiger partial charge is 0.0944 e. The van der Waals surface area contributed by atoms with Gasteiger partial charge in [-0.2, -0.15) is 0 Å². The summed E-state index contributed by atoms with van der Waals surface area (Å²) in [5, 5.41) is 0. The van der Waals surface area contributed by atoms with Gasteiger partial charge in [0.25, 0.3) is 0 Å². The zero-order valence-corrected chi connectivity index (χ0v) is 12.0. The number of hydrogen-bond donors (Lipinski definition) is 0. The molecule has 2 heteroatoms. The molecule has 102 valence electrons. The standard InChI is InChI=1S/C17H24N2/c1-17(2)10-8-16(9-11-17)19-13-12-18(14-19)15-6-4-3-5-7-15/h3-7,12-13,16H,8-11,14H2,1-2H3. The molecule has 3 rings (SSSR count). The second kappa shape index (κ2) is 4.92. The summed E-state index contributed by atoms with van der Waals surface area (Å²) in [5.41, 5.74) is 1.84. The van der Waals surface area contributed by atoms with Gasteiger partial charge >= 0.3 is 0 Å². The average Bonchev–Trinajstić information content (AvgIpc) is 2.89. The van der Waals surface area contributed by atoms with Crippen LogP contribution in [0.15, 0.2) is 42.7 Å². The SMILES string of the molecule is CC1(C)CCC(N2C=CN(c3ccccc3)C2)CC1. The van der Waals surface area contributed by atoms with E-state index in [4.69, 9.17) is 0 Å². The average molecular weight is 256 g/mol. The predicted molar refractivity (Wildman–Crippen MR) is 80.8 cm³/mol. The summed E-state index contributed by atoms with van der Waals surface area (Å²) in [6, 6.07) is 11.4. The molecule has 1 aliphatic carbocycles. The Balaban J connectivity index is 1.60. The summed E-state index contributed by atoms with van der Waals surface area (Å²) >= 11 is 0. The van der Waals surface area contributed by atoms with Gasteiger partial charge in [-0.15, -0.1) is 0 Å². The van der Waals surface area contributed by atoms with Crippen molar-refractivity contribution in [3.63, 3.8) is 0 Å². The molecular weight excluding hydrogens is 232 g/mol. The minimum absolute atomic E-state index is 0.555. The zero-order valence-electron chi connectivity index (χ0n) is 12.0. The van der Waals surface area contributed by atoms with E-state index >= 15 is 0 Å². The molecule has 1 fully saturated rings. The Morgan fingerprint density at radius 2 is 1.68 bits per heavy atom. The van der Waals surface area contributed by atoms with Gasteiger partial charge in [0.1, 0.15) is 0 Å². The molecule has 0 unspecified atom stereocenters. The number of benzene rings is 1.